The summed E-state index contributed by atoms with van der Waals surface area (Å²) in [5.41, 5.74) is -0.0560. The number of carbonyl (C=O) groups excluding carboxylic acids is 1. The van der Waals surface area contributed by atoms with Crippen LogP contribution in [0.15, 0.2) is 0 Å². The van der Waals surface area contributed by atoms with Crippen LogP contribution in [0, 0.1) is 23.2 Å². The van der Waals surface area contributed by atoms with E-state index in [1.165, 1.54) is 38.5 Å². The van der Waals surface area contributed by atoms with Gasteiger partial charge in [0.25, 0.3) is 0 Å². The quantitative estimate of drug-likeness (QED) is 0.197. The van der Waals surface area contributed by atoms with Gasteiger partial charge in [-0.05, 0) is 62.7 Å². The molecule has 0 aromatic rings. The van der Waals surface area contributed by atoms with Crippen molar-refractivity contribution in [2.45, 2.75) is 95.7 Å². The van der Waals surface area contributed by atoms with Gasteiger partial charge in [-0.1, -0.05) is 33.1 Å². The van der Waals surface area contributed by atoms with Crippen molar-refractivity contribution in [1.82, 2.24) is 0 Å². The molecule has 182 valence electrons. The fraction of sp³-hybridized carbons (Fsp3) is 0.952. The van der Waals surface area contributed by atoms with Crippen LogP contribution in [0.2, 0.25) is 0 Å². The summed E-state index contributed by atoms with van der Waals surface area (Å²) in [6, 6.07) is 0. The van der Waals surface area contributed by atoms with Gasteiger partial charge in [0.05, 0.1) is 12.0 Å². The van der Waals surface area contributed by atoms with Crippen molar-refractivity contribution < 1.29 is 40.1 Å². The summed E-state index contributed by atoms with van der Waals surface area (Å²) in [7, 11) is -6.06. The van der Waals surface area contributed by atoms with Gasteiger partial charge in [0.15, 0.2) is 0 Å². The average Bonchev–Trinajstić information content (AvgIpc) is 2.66. The Bertz CT molecular complexity index is 688. The molecule has 4 aliphatic rings. The minimum absolute atomic E-state index is 0.0560. The molecule has 0 aromatic heterocycles. The zero-order valence-corrected chi connectivity index (χ0v) is 19.0. The van der Waals surface area contributed by atoms with Gasteiger partial charge in [0.2, 0.25) is 0 Å². The van der Waals surface area contributed by atoms with Crippen molar-refractivity contribution >= 4 is 16.1 Å². The summed E-state index contributed by atoms with van der Waals surface area (Å²) < 4.78 is 81.5. The van der Waals surface area contributed by atoms with Crippen LogP contribution in [0.5, 0.6) is 0 Å². The predicted molar refractivity (Wildman–Crippen MR) is 107 cm³/mol. The summed E-state index contributed by atoms with van der Waals surface area (Å²) in [5.74, 6) is -2.10. The molecule has 10 heteroatoms. The van der Waals surface area contributed by atoms with E-state index in [9.17, 15) is 30.8 Å². The van der Waals surface area contributed by atoms with Crippen molar-refractivity contribution in [3.8, 4) is 0 Å². The van der Waals surface area contributed by atoms with Gasteiger partial charge in [-0.2, -0.15) is 26.0 Å². The summed E-state index contributed by atoms with van der Waals surface area (Å²) >= 11 is 0. The van der Waals surface area contributed by atoms with Gasteiger partial charge in [-0.3, -0.25) is 9.35 Å². The molecule has 0 spiro atoms. The first kappa shape index (κ1) is 26.4. The average molecular weight is 475 g/mol. The second-order valence-corrected chi connectivity index (χ2v) is 10.9. The van der Waals surface area contributed by atoms with Gasteiger partial charge >= 0.3 is 27.3 Å². The number of hydrogen-bond donors (Lipinski definition) is 1. The largest absolute Gasteiger partial charge is 0.465 e. The number of hydrogen-bond acceptors (Lipinski definition) is 4. The minimum Gasteiger partial charge on any atom is -0.465 e. The van der Waals surface area contributed by atoms with Crippen LogP contribution in [0.4, 0.5) is 17.6 Å². The van der Waals surface area contributed by atoms with Crippen molar-refractivity contribution in [2.75, 3.05) is 6.61 Å². The van der Waals surface area contributed by atoms with Crippen LogP contribution in [-0.2, 0) is 19.6 Å². The lowest BCUT2D eigenvalue weighted by molar-refractivity contribution is -0.171. The highest BCUT2D eigenvalue weighted by Crippen LogP contribution is 2.60. The standard InChI is InChI=1S/C17H28O2.C4H6F4O3S/c1-2-3-4-5-6-19-16(18)17-10-13-7-14(11-17)9-15(8-13)12-17;1-2-3(5,6)4(7,8)12(9,10)11/h13-15H,2-12H2,1H3;2H2,1H3,(H,9,10,11). The van der Waals surface area contributed by atoms with Gasteiger partial charge in [0, 0.05) is 6.42 Å². The Morgan fingerprint density at radius 2 is 1.45 bits per heavy atom. The summed E-state index contributed by atoms with van der Waals surface area (Å²) in [6.45, 7) is 3.54. The Kier molecular flexibility index (Phi) is 8.44. The maximum atomic E-state index is 12.5. The van der Waals surface area contributed by atoms with Gasteiger partial charge < -0.3 is 4.74 Å². The van der Waals surface area contributed by atoms with Crippen LogP contribution in [0.25, 0.3) is 0 Å². The van der Waals surface area contributed by atoms with Crippen molar-refractivity contribution in [3.63, 3.8) is 0 Å². The molecule has 0 amide bonds. The van der Waals surface area contributed by atoms with Crippen LogP contribution in [0.3, 0.4) is 0 Å². The van der Waals surface area contributed by atoms with E-state index in [0.717, 1.165) is 43.4 Å². The Morgan fingerprint density at radius 1 is 0.968 bits per heavy atom. The lowest BCUT2D eigenvalue weighted by Gasteiger charge is -2.55. The Labute approximate surface area is 182 Å². The SMILES string of the molecule is CCC(F)(F)C(F)(F)S(=O)(=O)O.CCCCCCOC(=O)C12CC3CC(CC(C3)C1)C2. The first-order valence-electron chi connectivity index (χ1n) is 11.2. The molecule has 0 heterocycles. The van der Waals surface area contributed by atoms with E-state index in [1.54, 1.807) is 0 Å². The van der Waals surface area contributed by atoms with Crippen LogP contribution < -0.4 is 0 Å². The molecule has 4 saturated carbocycles. The second kappa shape index (κ2) is 9.93. The summed E-state index contributed by atoms with van der Waals surface area (Å²) in [6.07, 6.45) is 10.9. The summed E-state index contributed by atoms with van der Waals surface area (Å²) in [5, 5.41) is -5.42. The van der Waals surface area contributed by atoms with Crippen LogP contribution in [0.1, 0.15) is 84.5 Å². The normalized spacial score (nSPS) is 30.0. The minimum atomic E-state index is -6.06. The highest BCUT2D eigenvalue weighted by atomic mass is 32.2. The third-order valence-electron chi connectivity index (χ3n) is 6.90. The second-order valence-electron chi connectivity index (χ2n) is 9.44. The molecule has 0 unspecified atom stereocenters. The fourth-order valence-corrected chi connectivity index (χ4v) is 6.12. The third kappa shape index (κ3) is 5.92. The number of halogens is 4. The molecule has 4 fully saturated rings. The lowest BCUT2D eigenvalue weighted by atomic mass is 9.49. The molecule has 4 rings (SSSR count). The monoisotopic (exact) mass is 474 g/mol. The van der Waals surface area contributed by atoms with Gasteiger partial charge in [-0.15, -0.1) is 0 Å². The zero-order valence-electron chi connectivity index (χ0n) is 18.2. The van der Waals surface area contributed by atoms with E-state index >= 15 is 0 Å². The van der Waals surface area contributed by atoms with E-state index < -0.39 is 27.7 Å². The molecule has 0 aliphatic heterocycles. The predicted octanol–water partition coefficient (Wildman–Crippen LogP) is 5.84. The van der Waals surface area contributed by atoms with E-state index in [2.05, 4.69) is 6.92 Å². The zero-order chi connectivity index (χ0) is 23.5. The molecule has 0 saturated heterocycles. The van der Waals surface area contributed by atoms with Gasteiger partial charge in [0.1, 0.15) is 0 Å². The maximum Gasteiger partial charge on any atom is 0.431 e. The molecule has 0 aromatic carbocycles. The number of carbonyl (C=O) groups is 1. The Morgan fingerprint density at radius 3 is 1.81 bits per heavy atom. The molecule has 1 N–H and O–H groups in total. The molecule has 31 heavy (non-hydrogen) atoms. The number of rotatable bonds is 9. The molecule has 0 radical (unpaired) electrons. The van der Waals surface area contributed by atoms with Gasteiger partial charge in [-0.25, -0.2) is 0 Å². The first-order valence-corrected chi connectivity index (χ1v) is 12.6. The lowest BCUT2D eigenvalue weighted by Crippen LogP contribution is -2.50. The molecule has 5 nitrogen and oxygen atoms in total. The molecule has 0 atom stereocenters. The van der Waals surface area contributed by atoms with Crippen LogP contribution in [-0.4, -0.2) is 36.7 Å². The number of esters is 1. The van der Waals surface area contributed by atoms with Crippen LogP contribution >= 0.6 is 0 Å². The highest BCUT2D eigenvalue weighted by molar-refractivity contribution is 7.87. The Hall–Kier alpha value is -0.900. The van der Waals surface area contributed by atoms with E-state index in [1.807, 2.05) is 0 Å². The van der Waals surface area contributed by atoms with E-state index in [4.69, 9.17) is 9.29 Å². The Balaban J connectivity index is 0.000000248. The molecular weight excluding hydrogens is 440 g/mol. The first-order chi connectivity index (χ1) is 14.3. The number of unbranched alkanes of at least 4 members (excludes halogenated alkanes) is 3. The number of alkyl halides is 4. The van der Waals surface area contributed by atoms with Crippen molar-refractivity contribution in [1.29, 1.82) is 0 Å². The van der Waals surface area contributed by atoms with E-state index in [-0.39, 0.29) is 11.4 Å². The maximum absolute atomic E-state index is 12.5. The third-order valence-corrected chi connectivity index (χ3v) is 7.84. The van der Waals surface area contributed by atoms with Crippen molar-refractivity contribution in [3.05, 3.63) is 0 Å². The highest BCUT2D eigenvalue weighted by Gasteiger charge is 2.64. The molecule has 4 aliphatic carbocycles. The topological polar surface area (TPSA) is 80.7 Å². The summed E-state index contributed by atoms with van der Waals surface area (Å²) in [4.78, 5) is 12.5. The number of ether oxygens (including phenoxy) is 1. The van der Waals surface area contributed by atoms with E-state index in [0.29, 0.717) is 13.5 Å². The molecular formula is C21H34F4O5S. The molecule has 4 bridgehead atoms. The fourth-order valence-electron chi connectivity index (χ4n) is 5.60. The van der Waals surface area contributed by atoms with Crippen molar-refractivity contribution in [2.24, 2.45) is 23.2 Å². The smallest absolute Gasteiger partial charge is 0.431 e.